The summed E-state index contributed by atoms with van der Waals surface area (Å²) >= 11 is 9.37. The highest BCUT2D eigenvalue weighted by atomic mass is 79.9. The number of aromatic nitrogens is 1. The number of nitrogens with one attached hydrogen (secondary N) is 2. The first-order chi connectivity index (χ1) is 11.7. The van der Waals surface area contributed by atoms with Crippen LogP contribution in [0.5, 0.6) is 0 Å². The molecule has 8 heteroatoms. The van der Waals surface area contributed by atoms with E-state index in [2.05, 4.69) is 26.2 Å². The van der Waals surface area contributed by atoms with E-state index in [1.54, 1.807) is 25.1 Å². The van der Waals surface area contributed by atoms with Gasteiger partial charge in [-0.05, 0) is 30.7 Å². The van der Waals surface area contributed by atoms with Gasteiger partial charge in [0.1, 0.15) is 0 Å². The number of halogens is 2. The van der Waals surface area contributed by atoms with E-state index in [0.29, 0.717) is 22.0 Å². The van der Waals surface area contributed by atoms with Crippen LogP contribution in [0.4, 0.5) is 5.69 Å². The van der Waals surface area contributed by atoms with Crippen molar-refractivity contribution in [2.75, 3.05) is 12.4 Å². The van der Waals surface area contributed by atoms with Gasteiger partial charge in [0.15, 0.2) is 5.78 Å². The van der Waals surface area contributed by atoms with E-state index in [-0.39, 0.29) is 29.4 Å². The molecule has 0 radical (unpaired) electrons. The third-order valence-electron chi connectivity index (χ3n) is 3.61. The maximum absolute atomic E-state index is 12.3. The molecule has 0 saturated heterocycles. The Kier molecular flexibility index (Phi) is 6.02. The van der Waals surface area contributed by atoms with E-state index in [4.69, 9.17) is 16.3 Å². The molecule has 6 nitrogen and oxygen atoms in total. The predicted molar refractivity (Wildman–Crippen MR) is 98.4 cm³/mol. The van der Waals surface area contributed by atoms with Crippen molar-refractivity contribution in [2.45, 2.75) is 20.3 Å². The number of carbonyl (C=O) groups excluding carboxylic acids is 3. The Balaban J connectivity index is 2.29. The highest BCUT2D eigenvalue weighted by Gasteiger charge is 2.24. The van der Waals surface area contributed by atoms with Crippen molar-refractivity contribution in [3.05, 3.63) is 50.2 Å². The van der Waals surface area contributed by atoms with Gasteiger partial charge in [-0.15, -0.1) is 0 Å². The number of ketones is 1. The lowest BCUT2D eigenvalue weighted by Crippen LogP contribution is -2.17. The van der Waals surface area contributed by atoms with E-state index in [0.717, 1.165) is 4.47 Å². The number of carbonyl (C=O) groups is 3. The molecule has 2 aromatic rings. The summed E-state index contributed by atoms with van der Waals surface area (Å²) in [6.07, 6.45) is -0.134. The Morgan fingerprint density at radius 1 is 1.32 bits per heavy atom. The average molecular weight is 428 g/mol. The van der Waals surface area contributed by atoms with Crippen molar-refractivity contribution in [1.29, 1.82) is 0 Å². The molecular formula is C17H16BrClN2O4. The molecule has 0 bridgehead atoms. The standard InChI is InChI=1S/C17H16BrClN2O4/c1-8-15(17(24)25-3)13(21-16(8)9(2)22)7-14(23)20-12-5-4-10(18)6-11(12)19/h4-6,21H,7H2,1-3H3,(H,20,23). The van der Waals surface area contributed by atoms with Gasteiger partial charge < -0.3 is 15.0 Å². The van der Waals surface area contributed by atoms with Crippen LogP contribution in [0.1, 0.15) is 39.0 Å². The van der Waals surface area contributed by atoms with Crippen LogP contribution in [0.25, 0.3) is 0 Å². The van der Waals surface area contributed by atoms with Crippen LogP contribution in [0.3, 0.4) is 0 Å². The fourth-order valence-corrected chi connectivity index (χ4v) is 3.19. The molecule has 1 aromatic heterocycles. The van der Waals surface area contributed by atoms with Crippen LogP contribution in [0.2, 0.25) is 5.02 Å². The van der Waals surface area contributed by atoms with Gasteiger partial charge in [-0.2, -0.15) is 0 Å². The van der Waals surface area contributed by atoms with Crippen molar-refractivity contribution < 1.29 is 19.1 Å². The van der Waals surface area contributed by atoms with Crippen LogP contribution >= 0.6 is 27.5 Å². The molecule has 2 N–H and O–H groups in total. The molecule has 1 heterocycles. The van der Waals surface area contributed by atoms with Gasteiger partial charge in [-0.3, -0.25) is 9.59 Å². The molecule has 1 amide bonds. The van der Waals surface area contributed by atoms with Crippen molar-refractivity contribution in [3.8, 4) is 0 Å². The molecule has 1 aromatic carbocycles. The van der Waals surface area contributed by atoms with Crippen LogP contribution in [-0.4, -0.2) is 29.8 Å². The SMILES string of the molecule is COC(=O)c1c(CC(=O)Nc2ccc(Br)cc2Cl)[nH]c(C(C)=O)c1C. The minimum absolute atomic E-state index is 0.134. The van der Waals surface area contributed by atoms with E-state index in [1.807, 2.05) is 0 Å². The molecule has 132 valence electrons. The summed E-state index contributed by atoms with van der Waals surface area (Å²) in [6, 6.07) is 5.06. The molecule has 0 unspecified atom stereocenters. The van der Waals surface area contributed by atoms with Gasteiger partial charge in [-0.25, -0.2) is 4.79 Å². The van der Waals surface area contributed by atoms with Gasteiger partial charge in [0.2, 0.25) is 5.91 Å². The Labute approximate surface area is 158 Å². The minimum atomic E-state index is -0.606. The van der Waals surface area contributed by atoms with E-state index in [1.165, 1.54) is 14.0 Å². The Hall–Kier alpha value is -2.12. The molecule has 25 heavy (non-hydrogen) atoms. The number of H-pyrrole nitrogens is 1. The van der Waals surface area contributed by atoms with E-state index < -0.39 is 5.97 Å². The van der Waals surface area contributed by atoms with Crippen LogP contribution in [-0.2, 0) is 16.0 Å². The summed E-state index contributed by atoms with van der Waals surface area (Å²) in [7, 11) is 1.24. The molecule has 0 spiro atoms. The number of benzene rings is 1. The fourth-order valence-electron chi connectivity index (χ4n) is 2.47. The van der Waals surface area contributed by atoms with Crippen LogP contribution in [0, 0.1) is 6.92 Å². The maximum Gasteiger partial charge on any atom is 0.339 e. The summed E-state index contributed by atoms with van der Waals surface area (Å²) < 4.78 is 5.54. The predicted octanol–water partition coefficient (Wildman–Crippen LogP) is 3.91. The normalized spacial score (nSPS) is 10.4. The van der Waals surface area contributed by atoms with Gasteiger partial charge in [0, 0.05) is 17.1 Å². The Bertz CT molecular complexity index is 861. The summed E-state index contributed by atoms with van der Waals surface area (Å²) in [5.41, 5.74) is 1.71. The summed E-state index contributed by atoms with van der Waals surface area (Å²) in [5, 5.41) is 3.06. The second-order valence-electron chi connectivity index (χ2n) is 5.38. The van der Waals surface area contributed by atoms with Gasteiger partial charge in [-0.1, -0.05) is 27.5 Å². The minimum Gasteiger partial charge on any atom is -0.465 e. The van der Waals surface area contributed by atoms with E-state index >= 15 is 0 Å². The molecule has 0 atom stereocenters. The zero-order valence-corrected chi connectivity index (χ0v) is 16.2. The number of ether oxygens (including phenoxy) is 1. The Morgan fingerprint density at radius 2 is 2.00 bits per heavy atom. The number of amides is 1. The first-order valence-electron chi connectivity index (χ1n) is 7.30. The number of aromatic amines is 1. The van der Waals surface area contributed by atoms with Gasteiger partial charge in [0.25, 0.3) is 0 Å². The topological polar surface area (TPSA) is 88.3 Å². The highest BCUT2D eigenvalue weighted by Crippen LogP contribution is 2.26. The fraction of sp³-hybridized carbons (Fsp3) is 0.235. The monoisotopic (exact) mass is 426 g/mol. The summed E-state index contributed by atoms with van der Waals surface area (Å²) in [4.78, 5) is 38.9. The maximum atomic E-state index is 12.3. The zero-order chi connectivity index (χ0) is 18.7. The van der Waals surface area contributed by atoms with Crippen LogP contribution in [0.15, 0.2) is 22.7 Å². The average Bonchev–Trinajstić information content (AvgIpc) is 2.86. The van der Waals surface area contributed by atoms with Gasteiger partial charge >= 0.3 is 5.97 Å². The molecule has 0 fully saturated rings. The lowest BCUT2D eigenvalue weighted by atomic mass is 10.1. The number of Topliss-reactive ketones (excluding diaryl/α,β-unsaturated/α-hetero) is 1. The summed E-state index contributed by atoms with van der Waals surface area (Å²) in [5.74, 6) is -1.22. The molecule has 0 aliphatic heterocycles. The van der Waals surface area contributed by atoms with E-state index in [9.17, 15) is 14.4 Å². The molecular weight excluding hydrogens is 412 g/mol. The van der Waals surface area contributed by atoms with Gasteiger partial charge in [0.05, 0.1) is 35.5 Å². The lowest BCUT2D eigenvalue weighted by Gasteiger charge is -2.08. The number of rotatable bonds is 5. The third-order valence-corrected chi connectivity index (χ3v) is 4.42. The number of anilines is 1. The second kappa shape index (κ2) is 7.84. The Morgan fingerprint density at radius 3 is 2.56 bits per heavy atom. The largest absolute Gasteiger partial charge is 0.465 e. The van der Waals surface area contributed by atoms with Crippen molar-refractivity contribution in [3.63, 3.8) is 0 Å². The van der Waals surface area contributed by atoms with Crippen LogP contribution < -0.4 is 5.32 Å². The highest BCUT2D eigenvalue weighted by molar-refractivity contribution is 9.10. The third kappa shape index (κ3) is 4.29. The molecule has 0 aliphatic carbocycles. The van der Waals surface area contributed by atoms with Crippen molar-refractivity contribution in [1.82, 2.24) is 4.98 Å². The molecule has 0 saturated carbocycles. The smallest absolute Gasteiger partial charge is 0.339 e. The first kappa shape index (κ1) is 19.2. The molecule has 0 aliphatic rings. The summed E-state index contributed by atoms with van der Waals surface area (Å²) in [6.45, 7) is 3.01. The van der Waals surface area contributed by atoms with Crippen molar-refractivity contribution in [2.24, 2.45) is 0 Å². The van der Waals surface area contributed by atoms with Crippen molar-refractivity contribution >= 4 is 50.9 Å². The lowest BCUT2D eigenvalue weighted by molar-refractivity contribution is -0.115. The quantitative estimate of drug-likeness (QED) is 0.559. The number of esters is 1. The second-order valence-corrected chi connectivity index (χ2v) is 6.70. The molecule has 2 rings (SSSR count). The zero-order valence-electron chi connectivity index (χ0n) is 13.8. The number of hydrogen-bond acceptors (Lipinski definition) is 4. The number of hydrogen-bond donors (Lipinski definition) is 2. The first-order valence-corrected chi connectivity index (χ1v) is 8.47. The number of methoxy groups -OCH3 is 1.